The predicted molar refractivity (Wildman–Crippen MR) is 64.4 cm³/mol. The van der Waals surface area contributed by atoms with Gasteiger partial charge in [0.2, 0.25) is 5.91 Å². The SMILES string of the molecule is Cc1cc2ncc(C#N)c(N3CC(=O)CC3=O)n2n1. The number of anilines is 1. The van der Waals surface area contributed by atoms with Crippen LogP contribution in [-0.2, 0) is 9.59 Å². The summed E-state index contributed by atoms with van der Waals surface area (Å²) >= 11 is 0. The van der Waals surface area contributed by atoms with Crippen molar-refractivity contribution in [2.45, 2.75) is 13.3 Å². The molecule has 1 amide bonds. The normalized spacial score (nSPS) is 15.3. The molecule has 0 saturated carbocycles. The summed E-state index contributed by atoms with van der Waals surface area (Å²) < 4.78 is 1.43. The first-order valence-electron chi connectivity index (χ1n) is 5.67. The van der Waals surface area contributed by atoms with Crippen molar-refractivity contribution in [3.8, 4) is 6.07 Å². The second-order valence-corrected chi connectivity index (χ2v) is 4.36. The van der Waals surface area contributed by atoms with Crippen LogP contribution in [0.15, 0.2) is 12.3 Å². The zero-order valence-electron chi connectivity index (χ0n) is 10.1. The molecule has 2 aromatic rings. The van der Waals surface area contributed by atoms with Crippen LogP contribution in [-0.4, -0.2) is 32.8 Å². The minimum atomic E-state index is -0.317. The maximum absolute atomic E-state index is 11.8. The Morgan fingerprint density at radius 2 is 2.21 bits per heavy atom. The Labute approximate surface area is 108 Å². The molecule has 0 N–H and O–H groups in total. The number of hydrogen-bond donors (Lipinski definition) is 0. The molecule has 0 spiro atoms. The van der Waals surface area contributed by atoms with Gasteiger partial charge in [0.25, 0.3) is 0 Å². The molecule has 2 aromatic heterocycles. The topological polar surface area (TPSA) is 91.4 Å². The molecule has 0 bridgehead atoms. The lowest BCUT2D eigenvalue weighted by molar-refractivity contribution is -0.121. The van der Waals surface area contributed by atoms with Gasteiger partial charge in [0, 0.05) is 6.07 Å². The van der Waals surface area contributed by atoms with Crippen LogP contribution in [0.3, 0.4) is 0 Å². The van der Waals surface area contributed by atoms with E-state index in [1.54, 1.807) is 13.0 Å². The Bertz CT molecular complexity index is 755. The van der Waals surface area contributed by atoms with E-state index in [1.165, 1.54) is 15.6 Å². The molecule has 0 aliphatic carbocycles. The van der Waals surface area contributed by atoms with E-state index in [2.05, 4.69) is 10.1 Å². The molecule has 7 heteroatoms. The lowest BCUT2D eigenvalue weighted by atomic mass is 10.3. The number of ketones is 1. The molecule has 3 rings (SSSR count). The van der Waals surface area contributed by atoms with Crippen LogP contribution in [0.25, 0.3) is 5.65 Å². The zero-order valence-corrected chi connectivity index (χ0v) is 10.1. The molecular formula is C12H9N5O2. The molecule has 7 nitrogen and oxygen atoms in total. The molecule has 0 aromatic carbocycles. The summed E-state index contributed by atoms with van der Waals surface area (Å²) in [5.41, 5.74) is 1.49. The first-order chi connectivity index (χ1) is 9.10. The maximum atomic E-state index is 11.8. The lowest BCUT2D eigenvalue weighted by Crippen LogP contribution is -2.28. The standard InChI is InChI=1S/C12H9N5O2/c1-7-2-10-14-5-8(4-13)12(17(10)15-7)16-6-9(18)3-11(16)19/h2,5H,3,6H2,1H3. The summed E-state index contributed by atoms with van der Waals surface area (Å²) in [7, 11) is 0. The third kappa shape index (κ3) is 1.65. The van der Waals surface area contributed by atoms with Crippen molar-refractivity contribution < 1.29 is 9.59 Å². The Balaban J connectivity index is 2.29. The molecule has 1 saturated heterocycles. The minimum Gasteiger partial charge on any atom is -0.297 e. The monoisotopic (exact) mass is 255 g/mol. The van der Waals surface area contributed by atoms with E-state index >= 15 is 0 Å². The van der Waals surface area contributed by atoms with Crippen LogP contribution in [0.2, 0.25) is 0 Å². The second-order valence-electron chi connectivity index (χ2n) is 4.36. The molecule has 1 aliphatic rings. The van der Waals surface area contributed by atoms with Gasteiger partial charge in [0.05, 0.1) is 24.9 Å². The fourth-order valence-corrected chi connectivity index (χ4v) is 2.15. The first kappa shape index (κ1) is 11.3. The molecule has 0 atom stereocenters. The van der Waals surface area contributed by atoms with Gasteiger partial charge >= 0.3 is 0 Å². The van der Waals surface area contributed by atoms with Gasteiger partial charge in [0.1, 0.15) is 11.6 Å². The number of nitriles is 1. The van der Waals surface area contributed by atoms with Gasteiger partial charge in [-0.2, -0.15) is 14.9 Å². The van der Waals surface area contributed by atoms with Gasteiger partial charge in [-0.15, -0.1) is 0 Å². The van der Waals surface area contributed by atoms with Gasteiger partial charge in [-0.05, 0) is 6.92 Å². The molecule has 1 aliphatic heterocycles. The highest BCUT2D eigenvalue weighted by Gasteiger charge is 2.32. The molecule has 94 valence electrons. The van der Waals surface area contributed by atoms with Crippen molar-refractivity contribution in [1.82, 2.24) is 14.6 Å². The third-order valence-electron chi connectivity index (χ3n) is 2.94. The first-order valence-corrected chi connectivity index (χ1v) is 5.67. The van der Waals surface area contributed by atoms with E-state index in [0.29, 0.717) is 11.5 Å². The number of hydrogen-bond acceptors (Lipinski definition) is 5. The van der Waals surface area contributed by atoms with Gasteiger partial charge in [-0.25, -0.2) is 4.98 Å². The molecular weight excluding hydrogens is 246 g/mol. The number of rotatable bonds is 1. The molecule has 19 heavy (non-hydrogen) atoms. The van der Waals surface area contributed by atoms with Crippen LogP contribution in [0.4, 0.5) is 5.82 Å². The second kappa shape index (κ2) is 3.88. The highest BCUT2D eigenvalue weighted by Crippen LogP contribution is 2.24. The van der Waals surface area contributed by atoms with Gasteiger partial charge in [0.15, 0.2) is 17.2 Å². The quantitative estimate of drug-likeness (QED) is 0.679. The summed E-state index contributed by atoms with van der Waals surface area (Å²) in [5.74, 6) is -0.165. The maximum Gasteiger partial charge on any atom is 0.236 e. The molecule has 3 heterocycles. The summed E-state index contributed by atoms with van der Waals surface area (Å²) in [6, 6.07) is 3.72. The van der Waals surface area contributed by atoms with Crippen molar-refractivity contribution in [1.29, 1.82) is 5.26 Å². The van der Waals surface area contributed by atoms with Crippen molar-refractivity contribution in [3.63, 3.8) is 0 Å². The van der Waals surface area contributed by atoms with Crippen LogP contribution >= 0.6 is 0 Å². The smallest absolute Gasteiger partial charge is 0.236 e. The highest BCUT2D eigenvalue weighted by molar-refractivity contribution is 6.15. The lowest BCUT2D eigenvalue weighted by Gasteiger charge is -2.16. The van der Waals surface area contributed by atoms with Gasteiger partial charge in [-0.3, -0.25) is 14.5 Å². The van der Waals surface area contributed by atoms with Crippen molar-refractivity contribution >= 4 is 23.2 Å². The van der Waals surface area contributed by atoms with Crippen LogP contribution in [0.5, 0.6) is 0 Å². The summed E-state index contributed by atoms with van der Waals surface area (Å²) in [6.07, 6.45) is 1.26. The summed E-state index contributed by atoms with van der Waals surface area (Å²) in [4.78, 5) is 28.6. The Morgan fingerprint density at radius 3 is 2.84 bits per heavy atom. The van der Waals surface area contributed by atoms with Crippen LogP contribution in [0.1, 0.15) is 17.7 Å². The van der Waals surface area contributed by atoms with E-state index in [0.717, 1.165) is 5.69 Å². The number of nitrogens with zero attached hydrogens (tertiary/aromatic N) is 5. The number of aromatic nitrogens is 3. The molecule has 0 radical (unpaired) electrons. The summed E-state index contributed by atoms with van der Waals surface area (Å²) in [6.45, 7) is 1.77. The van der Waals surface area contributed by atoms with Crippen LogP contribution in [0, 0.1) is 18.3 Å². The number of aryl methyl sites for hydroxylation is 1. The number of amides is 1. The third-order valence-corrected chi connectivity index (χ3v) is 2.94. The Morgan fingerprint density at radius 1 is 1.42 bits per heavy atom. The van der Waals surface area contributed by atoms with E-state index < -0.39 is 0 Å². The summed E-state index contributed by atoms with van der Waals surface area (Å²) in [5, 5.41) is 13.4. The number of carbonyl (C=O) groups excluding carboxylic acids is 2. The average molecular weight is 255 g/mol. The van der Waals surface area contributed by atoms with Crippen molar-refractivity contribution in [2.75, 3.05) is 11.4 Å². The van der Waals surface area contributed by atoms with Crippen molar-refractivity contribution in [2.24, 2.45) is 0 Å². The number of fused-ring (bicyclic) bond motifs is 1. The van der Waals surface area contributed by atoms with E-state index in [-0.39, 0.29) is 30.2 Å². The fourth-order valence-electron chi connectivity index (χ4n) is 2.15. The van der Waals surface area contributed by atoms with Crippen LogP contribution < -0.4 is 4.90 Å². The molecule has 1 fully saturated rings. The molecule has 0 unspecified atom stereocenters. The minimum absolute atomic E-state index is 0.0223. The average Bonchev–Trinajstić information content (AvgIpc) is 2.89. The van der Waals surface area contributed by atoms with E-state index in [9.17, 15) is 9.59 Å². The van der Waals surface area contributed by atoms with Crippen molar-refractivity contribution in [3.05, 3.63) is 23.5 Å². The number of Topliss-reactive ketones (excluding diaryl/α,β-unsaturated/α-hetero) is 1. The van der Waals surface area contributed by atoms with E-state index in [1.807, 2.05) is 6.07 Å². The largest absolute Gasteiger partial charge is 0.297 e. The van der Waals surface area contributed by atoms with E-state index in [4.69, 9.17) is 5.26 Å². The highest BCUT2D eigenvalue weighted by atomic mass is 16.2. The van der Waals surface area contributed by atoms with Gasteiger partial charge < -0.3 is 0 Å². The number of carbonyl (C=O) groups is 2. The Hall–Kier alpha value is -2.75. The van der Waals surface area contributed by atoms with Gasteiger partial charge in [-0.1, -0.05) is 0 Å². The zero-order chi connectivity index (χ0) is 13.6. The predicted octanol–water partition coefficient (Wildman–Crippen LogP) is 0.215. The Kier molecular flexibility index (Phi) is 2.32. The fraction of sp³-hybridized carbons (Fsp3) is 0.250.